The molecule has 100 valence electrons. The highest BCUT2D eigenvalue weighted by molar-refractivity contribution is 5.99. The zero-order valence-electron chi connectivity index (χ0n) is 11.4. The lowest BCUT2D eigenvalue weighted by molar-refractivity contribution is 0.262. The molecule has 2 aromatic rings. The van der Waals surface area contributed by atoms with Crippen LogP contribution < -0.4 is 10.6 Å². The van der Waals surface area contributed by atoms with Crippen molar-refractivity contribution in [3.8, 4) is 0 Å². The summed E-state index contributed by atoms with van der Waals surface area (Å²) in [5.41, 5.74) is 2.84. The second-order valence-electron chi connectivity index (χ2n) is 4.43. The van der Waals surface area contributed by atoms with E-state index in [-0.39, 0.29) is 6.03 Å². The number of nitrogens with zero attached hydrogens (tertiary/aromatic N) is 2. The number of carbonyl (C=O) groups is 1. The van der Waals surface area contributed by atoms with E-state index in [1.54, 1.807) is 11.7 Å². The van der Waals surface area contributed by atoms with Crippen molar-refractivity contribution < 1.29 is 4.79 Å². The van der Waals surface area contributed by atoms with Gasteiger partial charge in [-0.25, -0.2) is 4.79 Å². The summed E-state index contributed by atoms with van der Waals surface area (Å²) in [6, 6.07) is 9.36. The summed E-state index contributed by atoms with van der Waals surface area (Å²) in [7, 11) is 1.79. The Bertz CT molecular complexity index is 589. The third kappa shape index (κ3) is 3.34. The van der Waals surface area contributed by atoms with Crippen molar-refractivity contribution in [2.45, 2.75) is 20.3 Å². The molecule has 2 rings (SSSR count). The van der Waals surface area contributed by atoms with Crippen LogP contribution in [0.3, 0.4) is 0 Å². The summed E-state index contributed by atoms with van der Waals surface area (Å²) in [5.74, 6) is 0.668. The van der Waals surface area contributed by atoms with Crippen LogP contribution in [0.25, 0.3) is 0 Å². The van der Waals surface area contributed by atoms with E-state index in [1.165, 1.54) is 5.56 Å². The largest absolute Gasteiger partial charge is 0.324 e. The Balaban J connectivity index is 2.03. The molecule has 0 atom stereocenters. The molecule has 0 unspecified atom stereocenters. The maximum Gasteiger partial charge on any atom is 0.324 e. The Morgan fingerprint density at radius 1 is 1.32 bits per heavy atom. The second-order valence-corrected chi connectivity index (χ2v) is 4.43. The van der Waals surface area contributed by atoms with Gasteiger partial charge in [-0.05, 0) is 31.0 Å². The average Bonchev–Trinajstić information content (AvgIpc) is 2.68. The van der Waals surface area contributed by atoms with Crippen LogP contribution in [0.4, 0.5) is 16.3 Å². The zero-order valence-corrected chi connectivity index (χ0v) is 11.4. The molecule has 2 N–H and O–H groups in total. The van der Waals surface area contributed by atoms with Crippen molar-refractivity contribution in [2.75, 3.05) is 10.6 Å². The van der Waals surface area contributed by atoms with Gasteiger partial charge >= 0.3 is 6.03 Å². The topological polar surface area (TPSA) is 59.0 Å². The molecule has 0 spiro atoms. The molecule has 0 bridgehead atoms. The SMILES string of the molecule is CCc1cccc(NC(=O)Nc2cc(C)nn2C)c1. The van der Waals surface area contributed by atoms with Gasteiger partial charge in [-0.2, -0.15) is 5.10 Å². The van der Waals surface area contributed by atoms with E-state index in [2.05, 4.69) is 22.7 Å². The van der Waals surface area contributed by atoms with Crippen LogP contribution in [0.1, 0.15) is 18.2 Å². The highest BCUT2D eigenvalue weighted by Crippen LogP contribution is 2.12. The summed E-state index contributed by atoms with van der Waals surface area (Å²) in [6.07, 6.45) is 0.943. The van der Waals surface area contributed by atoms with Crippen LogP contribution in [-0.4, -0.2) is 15.8 Å². The molecule has 0 saturated carbocycles. The molecule has 2 amide bonds. The van der Waals surface area contributed by atoms with Crippen molar-refractivity contribution in [3.05, 3.63) is 41.6 Å². The number of aromatic nitrogens is 2. The second kappa shape index (κ2) is 5.56. The summed E-state index contributed by atoms with van der Waals surface area (Å²) in [6.45, 7) is 3.96. The van der Waals surface area contributed by atoms with E-state index in [0.29, 0.717) is 5.82 Å². The van der Waals surface area contributed by atoms with Gasteiger partial charge < -0.3 is 5.32 Å². The van der Waals surface area contributed by atoms with Crippen LogP contribution in [0.5, 0.6) is 0 Å². The number of anilines is 2. The predicted molar refractivity (Wildman–Crippen MR) is 76.4 cm³/mol. The normalized spacial score (nSPS) is 10.3. The Kier molecular flexibility index (Phi) is 3.85. The Labute approximate surface area is 112 Å². The fraction of sp³-hybridized carbons (Fsp3) is 0.286. The van der Waals surface area contributed by atoms with Crippen molar-refractivity contribution >= 4 is 17.5 Å². The predicted octanol–water partition coefficient (Wildman–Crippen LogP) is 2.93. The number of hydrogen-bond acceptors (Lipinski definition) is 2. The van der Waals surface area contributed by atoms with E-state index in [9.17, 15) is 4.79 Å². The lowest BCUT2D eigenvalue weighted by atomic mass is 10.1. The number of nitrogens with one attached hydrogen (secondary N) is 2. The molecule has 0 aliphatic carbocycles. The fourth-order valence-corrected chi connectivity index (χ4v) is 1.88. The minimum Gasteiger partial charge on any atom is -0.308 e. The van der Waals surface area contributed by atoms with Crippen LogP contribution in [-0.2, 0) is 13.5 Å². The van der Waals surface area contributed by atoms with Gasteiger partial charge in [0, 0.05) is 18.8 Å². The zero-order chi connectivity index (χ0) is 13.8. The molecule has 1 aromatic carbocycles. The van der Waals surface area contributed by atoms with Gasteiger partial charge in [-0.1, -0.05) is 19.1 Å². The highest BCUT2D eigenvalue weighted by Gasteiger charge is 2.07. The number of urea groups is 1. The van der Waals surface area contributed by atoms with Crippen molar-refractivity contribution in [3.63, 3.8) is 0 Å². The van der Waals surface area contributed by atoms with Crippen molar-refractivity contribution in [2.24, 2.45) is 7.05 Å². The molecule has 1 aromatic heterocycles. The molecule has 0 radical (unpaired) electrons. The lowest BCUT2D eigenvalue weighted by Crippen LogP contribution is -2.21. The number of hydrogen-bond donors (Lipinski definition) is 2. The smallest absolute Gasteiger partial charge is 0.308 e. The molecule has 0 aliphatic rings. The van der Waals surface area contributed by atoms with Gasteiger partial charge in [0.1, 0.15) is 5.82 Å². The molecular weight excluding hydrogens is 240 g/mol. The minimum absolute atomic E-state index is 0.267. The Hall–Kier alpha value is -2.30. The third-order valence-corrected chi connectivity index (χ3v) is 2.84. The van der Waals surface area contributed by atoms with Crippen molar-refractivity contribution in [1.29, 1.82) is 0 Å². The van der Waals surface area contributed by atoms with E-state index in [4.69, 9.17) is 0 Å². The quantitative estimate of drug-likeness (QED) is 0.889. The first-order valence-electron chi connectivity index (χ1n) is 6.26. The first kappa shape index (κ1) is 13.1. The molecule has 5 nitrogen and oxygen atoms in total. The molecule has 19 heavy (non-hydrogen) atoms. The third-order valence-electron chi connectivity index (χ3n) is 2.84. The van der Waals surface area contributed by atoms with Crippen LogP contribution >= 0.6 is 0 Å². The van der Waals surface area contributed by atoms with Crippen molar-refractivity contribution in [1.82, 2.24) is 9.78 Å². The number of aryl methyl sites for hydroxylation is 3. The summed E-state index contributed by atoms with van der Waals surface area (Å²) in [5, 5.41) is 9.75. The number of carbonyl (C=O) groups excluding carboxylic acids is 1. The van der Waals surface area contributed by atoms with Crippen LogP contribution in [0, 0.1) is 6.92 Å². The van der Waals surface area contributed by atoms with Crippen LogP contribution in [0.2, 0.25) is 0 Å². The standard InChI is InChI=1S/C14H18N4O/c1-4-11-6-5-7-12(9-11)15-14(19)16-13-8-10(2)17-18(13)3/h5-9H,4H2,1-3H3,(H2,15,16,19). The summed E-state index contributed by atoms with van der Waals surface area (Å²) in [4.78, 5) is 11.9. The van der Waals surface area contributed by atoms with E-state index in [1.807, 2.05) is 37.3 Å². The summed E-state index contributed by atoms with van der Waals surface area (Å²) < 4.78 is 1.64. The Morgan fingerprint density at radius 2 is 2.11 bits per heavy atom. The highest BCUT2D eigenvalue weighted by atomic mass is 16.2. The summed E-state index contributed by atoms with van der Waals surface area (Å²) >= 11 is 0. The maximum absolute atomic E-state index is 11.9. The van der Waals surface area contributed by atoms with Crippen LogP contribution in [0.15, 0.2) is 30.3 Å². The van der Waals surface area contributed by atoms with Gasteiger partial charge in [0.05, 0.1) is 5.69 Å². The van der Waals surface area contributed by atoms with E-state index < -0.39 is 0 Å². The molecule has 1 heterocycles. The number of rotatable bonds is 3. The molecule has 0 saturated heterocycles. The number of benzene rings is 1. The maximum atomic E-state index is 11.9. The van der Waals surface area contributed by atoms with Gasteiger partial charge in [-0.3, -0.25) is 10.00 Å². The number of amides is 2. The molecule has 5 heteroatoms. The molecular formula is C14H18N4O. The Morgan fingerprint density at radius 3 is 2.74 bits per heavy atom. The molecule has 0 aliphatic heterocycles. The van der Waals surface area contributed by atoms with Gasteiger partial charge in [0.15, 0.2) is 0 Å². The monoisotopic (exact) mass is 258 g/mol. The fourth-order valence-electron chi connectivity index (χ4n) is 1.88. The van der Waals surface area contributed by atoms with Gasteiger partial charge in [-0.15, -0.1) is 0 Å². The minimum atomic E-state index is -0.267. The van der Waals surface area contributed by atoms with Gasteiger partial charge in [0.2, 0.25) is 0 Å². The van der Waals surface area contributed by atoms with Gasteiger partial charge in [0.25, 0.3) is 0 Å². The van der Waals surface area contributed by atoms with E-state index in [0.717, 1.165) is 17.8 Å². The average molecular weight is 258 g/mol. The molecule has 0 fully saturated rings. The first-order valence-corrected chi connectivity index (χ1v) is 6.26. The first-order chi connectivity index (χ1) is 9.08. The van der Waals surface area contributed by atoms with E-state index >= 15 is 0 Å². The lowest BCUT2D eigenvalue weighted by Gasteiger charge is -2.08.